The molecule has 1 aromatic carbocycles. The highest BCUT2D eigenvalue weighted by atomic mass is 16.2. The van der Waals surface area contributed by atoms with Crippen molar-refractivity contribution in [1.29, 1.82) is 5.26 Å². The van der Waals surface area contributed by atoms with Gasteiger partial charge in [-0.2, -0.15) is 5.26 Å². The lowest BCUT2D eigenvalue weighted by molar-refractivity contribution is -0.134. The lowest BCUT2D eigenvalue weighted by atomic mass is 10.00. The van der Waals surface area contributed by atoms with Gasteiger partial charge in [0.1, 0.15) is 5.41 Å². The Morgan fingerprint density at radius 2 is 1.84 bits per heavy atom. The van der Waals surface area contributed by atoms with E-state index < -0.39 is 5.41 Å². The zero-order valence-electron chi connectivity index (χ0n) is 12.1. The third-order valence-electron chi connectivity index (χ3n) is 4.08. The minimum Gasteiger partial charge on any atom is -0.340 e. The zero-order valence-corrected chi connectivity index (χ0v) is 12.1. The van der Waals surface area contributed by atoms with E-state index in [1.165, 1.54) is 16.7 Å². The van der Waals surface area contributed by atoms with E-state index in [0.717, 1.165) is 5.56 Å². The maximum atomic E-state index is 12.2. The zero-order chi connectivity index (χ0) is 14.2. The Morgan fingerprint density at radius 1 is 1.26 bits per heavy atom. The molecule has 1 aromatic rings. The molecule has 1 saturated carbocycles. The average molecular weight is 256 g/mol. The first kappa shape index (κ1) is 13.6. The molecular formula is C16H20N2O. The van der Waals surface area contributed by atoms with Crippen LogP contribution < -0.4 is 0 Å². The van der Waals surface area contributed by atoms with Crippen molar-refractivity contribution in [2.24, 2.45) is 5.41 Å². The summed E-state index contributed by atoms with van der Waals surface area (Å²) in [5, 5.41) is 9.08. The van der Waals surface area contributed by atoms with Crippen molar-refractivity contribution in [2.45, 2.75) is 40.2 Å². The monoisotopic (exact) mass is 256 g/mol. The SMILES string of the molecule is Cc1cc(C)c(CN(C)C(=O)C2(C#N)CC2)cc1C. The molecular weight excluding hydrogens is 236 g/mol. The van der Waals surface area contributed by atoms with E-state index in [-0.39, 0.29) is 5.91 Å². The van der Waals surface area contributed by atoms with Gasteiger partial charge in [0.05, 0.1) is 6.07 Å². The highest BCUT2D eigenvalue weighted by Crippen LogP contribution is 2.46. The molecule has 0 N–H and O–H groups in total. The Kier molecular flexibility index (Phi) is 3.36. The highest BCUT2D eigenvalue weighted by molar-refractivity contribution is 5.88. The molecule has 1 aliphatic rings. The first-order valence-corrected chi connectivity index (χ1v) is 6.63. The number of benzene rings is 1. The van der Waals surface area contributed by atoms with Crippen molar-refractivity contribution in [3.8, 4) is 6.07 Å². The molecule has 0 radical (unpaired) electrons. The maximum Gasteiger partial charge on any atom is 0.243 e. The number of hydrogen-bond acceptors (Lipinski definition) is 2. The van der Waals surface area contributed by atoms with Crippen LogP contribution in [0.5, 0.6) is 0 Å². The van der Waals surface area contributed by atoms with Crippen LogP contribution in [0.2, 0.25) is 0 Å². The van der Waals surface area contributed by atoms with Gasteiger partial charge in [-0.1, -0.05) is 12.1 Å². The second kappa shape index (κ2) is 4.70. The van der Waals surface area contributed by atoms with Gasteiger partial charge >= 0.3 is 0 Å². The second-order valence-corrected chi connectivity index (χ2v) is 5.72. The number of nitrogens with zero attached hydrogens (tertiary/aromatic N) is 2. The molecule has 1 amide bonds. The molecule has 3 nitrogen and oxygen atoms in total. The molecule has 1 aliphatic carbocycles. The third-order valence-corrected chi connectivity index (χ3v) is 4.08. The standard InChI is InChI=1S/C16H20N2O/c1-11-7-13(3)14(8-12(11)2)9-18(4)15(19)16(10-17)5-6-16/h7-8H,5-6,9H2,1-4H3. The van der Waals surface area contributed by atoms with Crippen molar-refractivity contribution < 1.29 is 4.79 Å². The fraction of sp³-hybridized carbons (Fsp3) is 0.500. The molecule has 0 saturated heterocycles. The van der Waals surface area contributed by atoms with Crippen molar-refractivity contribution in [1.82, 2.24) is 4.90 Å². The van der Waals surface area contributed by atoms with E-state index in [9.17, 15) is 4.79 Å². The molecule has 3 heteroatoms. The number of amides is 1. The van der Waals surface area contributed by atoms with Crippen LogP contribution in [-0.2, 0) is 11.3 Å². The number of carbonyl (C=O) groups excluding carboxylic acids is 1. The fourth-order valence-corrected chi connectivity index (χ4v) is 2.38. The number of rotatable bonds is 3. The van der Waals surface area contributed by atoms with Gasteiger partial charge in [-0.05, 0) is 55.9 Å². The van der Waals surface area contributed by atoms with Crippen molar-refractivity contribution in [3.63, 3.8) is 0 Å². The van der Waals surface area contributed by atoms with E-state index in [0.29, 0.717) is 19.4 Å². The average Bonchev–Trinajstić information content (AvgIpc) is 3.16. The van der Waals surface area contributed by atoms with Crippen LogP contribution in [0.15, 0.2) is 12.1 Å². The molecule has 2 rings (SSSR count). The van der Waals surface area contributed by atoms with Crippen LogP contribution >= 0.6 is 0 Å². The summed E-state index contributed by atoms with van der Waals surface area (Å²) in [5.74, 6) is -0.0346. The van der Waals surface area contributed by atoms with Gasteiger partial charge in [-0.15, -0.1) is 0 Å². The topological polar surface area (TPSA) is 44.1 Å². The summed E-state index contributed by atoms with van der Waals surface area (Å²) in [6.07, 6.45) is 1.41. The molecule has 19 heavy (non-hydrogen) atoms. The predicted octanol–water partition coefficient (Wildman–Crippen LogP) is 2.87. The van der Waals surface area contributed by atoms with Crippen LogP contribution in [0, 0.1) is 37.5 Å². The normalized spacial score (nSPS) is 15.7. The Hall–Kier alpha value is -1.82. The molecule has 0 atom stereocenters. The second-order valence-electron chi connectivity index (χ2n) is 5.72. The molecule has 0 spiro atoms. The first-order valence-electron chi connectivity index (χ1n) is 6.63. The largest absolute Gasteiger partial charge is 0.340 e. The van der Waals surface area contributed by atoms with E-state index in [1.54, 1.807) is 11.9 Å². The summed E-state index contributed by atoms with van der Waals surface area (Å²) in [5.41, 5.74) is 4.15. The van der Waals surface area contributed by atoms with Crippen LogP contribution in [0.4, 0.5) is 0 Å². The summed E-state index contributed by atoms with van der Waals surface area (Å²) in [7, 11) is 1.79. The van der Waals surface area contributed by atoms with Gasteiger partial charge in [0.15, 0.2) is 0 Å². The van der Waals surface area contributed by atoms with Gasteiger partial charge in [-0.25, -0.2) is 0 Å². The molecule has 0 aliphatic heterocycles. The van der Waals surface area contributed by atoms with Gasteiger partial charge in [0, 0.05) is 13.6 Å². The number of nitriles is 1. The van der Waals surface area contributed by atoms with Gasteiger partial charge in [0.2, 0.25) is 5.91 Å². The van der Waals surface area contributed by atoms with Gasteiger partial charge in [0.25, 0.3) is 0 Å². The van der Waals surface area contributed by atoms with Crippen LogP contribution in [-0.4, -0.2) is 17.9 Å². The van der Waals surface area contributed by atoms with Crippen molar-refractivity contribution >= 4 is 5.91 Å². The Balaban J connectivity index is 2.16. The Labute approximate surface area is 114 Å². The van der Waals surface area contributed by atoms with Crippen molar-refractivity contribution in [2.75, 3.05) is 7.05 Å². The number of aryl methyl sites for hydroxylation is 3. The van der Waals surface area contributed by atoms with E-state index in [1.807, 2.05) is 0 Å². The molecule has 0 aromatic heterocycles. The minimum absolute atomic E-state index is 0.0346. The molecule has 100 valence electrons. The van der Waals surface area contributed by atoms with E-state index >= 15 is 0 Å². The highest BCUT2D eigenvalue weighted by Gasteiger charge is 2.51. The predicted molar refractivity (Wildman–Crippen MR) is 74.4 cm³/mol. The quantitative estimate of drug-likeness (QED) is 0.834. The van der Waals surface area contributed by atoms with Gasteiger partial charge < -0.3 is 4.90 Å². The molecule has 0 heterocycles. The maximum absolute atomic E-state index is 12.2. The van der Waals surface area contributed by atoms with E-state index in [2.05, 4.69) is 39.0 Å². The molecule has 1 fully saturated rings. The summed E-state index contributed by atoms with van der Waals surface area (Å²) < 4.78 is 0. The van der Waals surface area contributed by atoms with Crippen molar-refractivity contribution in [3.05, 3.63) is 34.4 Å². The van der Waals surface area contributed by atoms with Crippen LogP contribution in [0.1, 0.15) is 35.1 Å². The lowest BCUT2D eigenvalue weighted by Crippen LogP contribution is -2.33. The Morgan fingerprint density at radius 3 is 2.37 bits per heavy atom. The summed E-state index contributed by atoms with van der Waals surface area (Å²) in [4.78, 5) is 13.9. The van der Waals surface area contributed by atoms with Crippen LogP contribution in [0.25, 0.3) is 0 Å². The fourth-order valence-electron chi connectivity index (χ4n) is 2.38. The number of carbonyl (C=O) groups is 1. The molecule has 0 bridgehead atoms. The summed E-state index contributed by atoms with van der Waals surface area (Å²) in [6.45, 7) is 6.82. The Bertz CT molecular complexity index is 565. The van der Waals surface area contributed by atoms with Gasteiger partial charge in [-0.3, -0.25) is 4.79 Å². The summed E-state index contributed by atoms with van der Waals surface area (Å²) >= 11 is 0. The first-order chi connectivity index (χ1) is 8.89. The lowest BCUT2D eigenvalue weighted by Gasteiger charge is -2.21. The minimum atomic E-state index is -0.720. The number of hydrogen-bond donors (Lipinski definition) is 0. The van der Waals surface area contributed by atoms with E-state index in [4.69, 9.17) is 5.26 Å². The third kappa shape index (κ3) is 2.49. The smallest absolute Gasteiger partial charge is 0.243 e. The molecule has 0 unspecified atom stereocenters. The summed E-state index contributed by atoms with van der Waals surface area (Å²) in [6, 6.07) is 6.46. The van der Waals surface area contributed by atoms with Crippen LogP contribution in [0.3, 0.4) is 0 Å².